The molecule has 1 aromatic heterocycles. The predicted octanol–water partition coefficient (Wildman–Crippen LogP) is 3.20. The molecule has 2 rings (SSSR count). The van der Waals surface area contributed by atoms with Crippen LogP contribution in [0.15, 0.2) is 30.3 Å². The van der Waals surface area contributed by atoms with Gasteiger partial charge in [-0.2, -0.15) is 0 Å². The number of nitrogens with one attached hydrogen (secondary N) is 1. The molecule has 4 nitrogen and oxygen atoms in total. The van der Waals surface area contributed by atoms with Gasteiger partial charge in [0.2, 0.25) is 5.95 Å². The van der Waals surface area contributed by atoms with Crippen molar-refractivity contribution in [2.75, 3.05) is 19.5 Å². The molecule has 0 aliphatic heterocycles. The van der Waals surface area contributed by atoms with Crippen molar-refractivity contribution in [1.82, 2.24) is 9.97 Å². The standard InChI is InChI=1S/C15H19N3O/c1-10-8-14(18-15(16-3)17-10)13-7-5-6-12(9-13)11(2)19-4/h5-9,11H,1-4H3,(H,16,17,18)/t11-/m1/s1. The van der Waals surface area contributed by atoms with Gasteiger partial charge in [0.25, 0.3) is 0 Å². The minimum absolute atomic E-state index is 0.0756. The second-order valence-electron chi connectivity index (χ2n) is 4.47. The van der Waals surface area contributed by atoms with E-state index in [1.165, 1.54) is 0 Å². The lowest BCUT2D eigenvalue weighted by Gasteiger charge is -2.11. The molecule has 0 bridgehead atoms. The van der Waals surface area contributed by atoms with Crippen LogP contribution in [0.2, 0.25) is 0 Å². The summed E-state index contributed by atoms with van der Waals surface area (Å²) in [5, 5.41) is 2.98. The molecular formula is C15H19N3O. The summed E-state index contributed by atoms with van der Waals surface area (Å²) in [4.78, 5) is 8.79. The van der Waals surface area contributed by atoms with Crippen LogP contribution >= 0.6 is 0 Å². The van der Waals surface area contributed by atoms with Gasteiger partial charge in [0.05, 0.1) is 11.8 Å². The Kier molecular flexibility index (Phi) is 4.12. The van der Waals surface area contributed by atoms with E-state index in [1.54, 1.807) is 7.11 Å². The Morgan fingerprint density at radius 3 is 2.68 bits per heavy atom. The molecule has 0 radical (unpaired) electrons. The molecule has 100 valence electrons. The van der Waals surface area contributed by atoms with E-state index in [0.29, 0.717) is 5.95 Å². The summed E-state index contributed by atoms with van der Waals surface area (Å²) in [6.07, 6.45) is 0.0756. The van der Waals surface area contributed by atoms with Crippen LogP contribution < -0.4 is 5.32 Å². The normalized spacial score (nSPS) is 12.2. The molecule has 4 heteroatoms. The van der Waals surface area contributed by atoms with Gasteiger partial charge in [-0.05, 0) is 31.5 Å². The zero-order valence-corrected chi connectivity index (χ0v) is 11.8. The number of ether oxygens (including phenoxy) is 1. The molecule has 0 unspecified atom stereocenters. The number of benzene rings is 1. The van der Waals surface area contributed by atoms with Gasteiger partial charge in [0.15, 0.2) is 0 Å². The van der Waals surface area contributed by atoms with Crippen molar-refractivity contribution >= 4 is 5.95 Å². The number of aryl methyl sites for hydroxylation is 1. The summed E-state index contributed by atoms with van der Waals surface area (Å²) in [5.74, 6) is 0.639. The molecule has 0 saturated carbocycles. The average molecular weight is 257 g/mol. The number of hydrogen-bond acceptors (Lipinski definition) is 4. The SMILES string of the molecule is CNc1nc(C)cc(-c2cccc([C@@H](C)OC)c2)n1. The van der Waals surface area contributed by atoms with Crippen molar-refractivity contribution in [2.24, 2.45) is 0 Å². The van der Waals surface area contributed by atoms with Crippen molar-refractivity contribution in [3.63, 3.8) is 0 Å². The Balaban J connectivity index is 2.44. The van der Waals surface area contributed by atoms with Gasteiger partial charge in [-0.15, -0.1) is 0 Å². The minimum atomic E-state index is 0.0756. The number of methoxy groups -OCH3 is 1. The van der Waals surface area contributed by atoms with Crippen molar-refractivity contribution in [2.45, 2.75) is 20.0 Å². The molecule has 1 heterocycles. The molecule has 0 spiro atoms. The highest BCUT2D eigenvalue weighted by Gasteiger charge is 2.08. The Morgan fingerprint density at radius 1 is 1.21 bits per heavy atom. The van der Waals surface area contributed by atoms with Crippen LogP contribution in [0.5, 0.6) is 0 Å². The van der Waals surface area contributed by atoms with Gasteiger partial charge in [0, 0.05) is 25.4 Å². The van der Waals surface area contributed by atoms with Gasteiger partial charge in [-0.25, -0.2) is 9.97 Å². The molecule has 19 heavy (non-hydrogen) atoms. The van der Waals surface area contributed by atoms with E-state index in [4.69, 9.17) is 4.74 Å². The Hall–Kier alpha value is -1.94. The van der Waals surface area contributed by atoms with Crippen LogP contribution in [-0.2, 0) is 4.74 Å². The van der Waals surface area contributed by atoms with Crippen molar-refractivity contribution in [3.8, 4) is 11.3 Å². The largest absolute Gasteiger partial charge is 0.377 e. The smallest absolute Gasteiger partial charge is 0.223 e. The fourth-order valence-electron chi connectivity index (χ4n) is 1.92. The first-order valence-corrected chi connectivity index (χ1v) is 6.30. The molecular weight excluding hydrogens is 238 g/mol. The zero-order chi connectivity index (χ0) is 13.8. The molecule has 1 aromatic carbocycles. The summed E-state index contributed by atoms with van der Waals surface area (Å²) in [5.41, 5.74) is 4.08. The van der Waals surface area contributed by atoms with Crippen LogP contribution in [0.25, 0.3) is 11.3 Å². The number of anilines is 1. The highest BCUT2D eigenvalue weighted by atomic mass is 16.5. The number of hydrogen-bond donors (Lipinski definition) is 1. The summed E-state index contributed by atoms with van der Waals surface area (Å²) >= 11 is 0. The first-order valence-electron chi connectivity index (χ1n) is 6.30. The molecule has 0 aliphatic rings. The minimum Gasteiger partial charge on any atom is -0.377 e. The van der Waals surface area contributed by atoms with Gasteiger partial charge < -0.3 is 10.1 Å². The number of rotatable bonds is 4. The van der Waals surface area contributed by atoms with E-state index >= 15 is 0 Å². The van der Waals surface area contributed by atoms with E-state index in [1.807, 2.05) is 39.1 Å². The highest BCUT2D eigenvalue weighted by molar-refractivity contribution is 5.61. The third kappa shape index (κ3) is 3.09. The quantitative estimate of drug-likeness (QED) is 0.913. The third-order valence-electron chi connectivity index (χ3n) is 3.08. The Labute approximate surface area is 113 Å². The topological polar surface area (TPSA) is 47.0 Å². The van der Waals surface area contributed by atoms with Crippen molar-refractivity contribution in [1.29, 1.82) is 0 Å². The van der Waals surface area contributed by atoms with Crippen LogP contribution in [0.1, 0.15) is 24.3 Å². The molecule has 1 atom stereocenters. The monoisotopic (exact) mass is 257 g/mol. The Morgan fingerprint density at radius 2 is 2.00 bits per heavy atom. The zero-order valence-electron chi connectivity index (χ0n) is 11.8. The summed E-state index contributed by atoms with van der Waals surface area (Å²) in [6.45, 7) is 4.00. The summed E-state index contributed by atoms with van der Waals surface area (Å²) < 4.78 is 5.35. The fraction of sp³-hybridized carbons (Fsp3) is 0.333. The van der Waals surface area contributed by atoms with Crippen LogP contribution in [0.4, 0.5) is 5.95 Å². The maximum atomic E-state index is 5.35. The number of aromatic nitrogens is 2. The van der Waals surface area contributed by atoms with Crippen molar-refractivity contribution in [3.05, 3.63) is 41.6 Å². The predicted molar refractivity (Wildman–Crippen MR) is 77.2 cm³/mol. The lowest BCUT2D eigenvalue weighted by molar-refractivity contribution is 0.119. The van der Waals surface area contributed by atoms with Crippen LogP contribution in [0, 0.1) is 6.92 Å². The fourth-order valence-corrected chi connectivity index (χ4v) is 1.92. The molecule has 2 aromatic rings. The molecule has 0 aliphatic carbocycles. The van der Waals surface area contributed by atoms with Gasteiger partial charge >= 0.3 is 0 Å². The molecule has 0 saturated heterocycles. The highest BCUT2D eigenvalue weighted by Crippen LogP contribution is 2.24. The van der Waals surface area contributed by atoms with E-state index in [0.717, 1.165) is 22.5 Å². The maximum Gasteiger partial charge on any atom is 0.223 e. The van der Waals surface area contributed by atoms with Crippen molar-refractivity contribution < 1.29 is 4.74 Å². The molecule has 0 amide bonds. The van der Waals surface area contributed by atoms with Gasteiger partial charge in [0.1, 0.15) is 0 Å². The van der Waals surface area contributed by atoms with E-state index < -0.39 is 0 Å². The van der Waals surface area contributed by atoms with E-state index in [-0.39, 0.29) is 6.10 Å². The lowest BCUT2D eigenvalue weighted by atomic mass is 10.0. The Bertz CT molecular complexity index is 569. The number of nitrogens with zero attached hydrogens (tertiary/aromatic N) is 2. The van der Waals surface area contributed by atoms with E-state index in [9.17, 15) is 0 Å². The van der Waals surface area contributed by atoms with E-state index in [2.05, 4.69) is 27.4 Å². The second kappa shape index (κ2) is 5.80. The van der Waals surface area contributed by atoms with Gasteiger partial charge in [-0.3, -0.25) is 0 Å². The summed E-state index contributed by atoms with van der Waals surface area (Å²) in [7, 11) is 3.53. The molecule has 0 fully saturated rings. The average Bonchev–Trinajstić information content (AvgIpc) is 2.45. The maximum absolute atomic E-state index is 5.35. The van der Waals surface area contributed by atoms with Crippen LogP contribution in [0.3, 0.4) is 0 Å². The summed E-state index contributed by atoms with van der Waals surface area (Å²) in [6, 6.07) is 10.2. The first-order chi connectivity index (χ1) is 9.13. The second-order valence-corrected chi connectivity index (χ2v) is 4.47. The van der Waals surface area contributed by atoms with Crippen LogP contribution in [-0.4, -0.2) is 24.1 Å². The first kappa shape index (κ1) is 13.5. The van der Waals surface area contributed by atoms with Gasteiger partial charge in [-0.1, -0.05) is 18.2 Å². The third-order valence-corrected chi connectivity index (χ3v) is 3.08. The lowest BCUT2D eigenvalue weighted by Crippen LogP contribution is -2.00. The molecule has 1 N–H and O–H groups in total.